The SMILES string of the molecule is O=S(=O)(O)c1ccc2c(c1)nc1n2c2nc3ccccc3n2c2nc3cc(S(=O)(=O)O)c(S(=O)(=O)O)cc3n21. The highest BCUT2D eigenvalue weighted by atomic mass is 32.2. The van der Waals surface area contributed by atoms with Crippen LogP contribution in [0.3, 0.4) is 0 Å². The molecule has 0 aliphatic heterocycles. The molecule has 198 valence electrons. The summed E-state index contributed by atoms with van der Waals surface area (Å²) in [4.78, 5) is 11.1. The van der Waals surface area contributed by atoms with Crippen LogP contribution in [-0.4, -0.2) is 67.1 Å². The summed E-state index contributed by atoms with van der Waals surface area (Å²) in [5, 5.41) is 0. The molecule has 0 unspecified atom stereocenters. The van der Waals surface area contributed by atoms with Crippen LogP contribution in [0.1, 0.15) is 0 Å². The second-order valence-electron chi connectivity index (χ2n) is 8.59. The van der Waals surface area contributed by atoms with Crippen molar-refractivity contribution in [3.63, 3.8) is 0 Å². The van der Waals surface area contributed by atoms with Crippen LogP contribution in [0.25, 0.3) is 50.4 Å². The fraction of sp³-hybridized carbons (Fsp3) is 0. The number of benzene rings is 3. The Balaban J connectivity index is 1.80. The van der Waals surface area contributed by atoms with E-state index in [1.807, 2.05) is 0 Å². The lowest BCUT2D eigenvalue weighted by Gasteiger charge is -2.07. The van der Waals surface area contributed by atoms with Gasteiger partial charge in [0.25, 0.3) is 30.4 Å². The van der Waals surface area contributed by atoms with Gasteiger partial charge in [-0.3, -0.25) is 13.7 Å². The Morgan fingerprint density at radius 1 is 0.513 bits per heavy atom. The van der Waals surface area contributed by atoms with Crippen LogP contribution in [0.2, 0.25) is 0 Å². The van der Waals surface area contributed by atoms with Gasteiger partial charge in [-0.15, -0.1) is 0 Å². The van der Waals surface area contributed by atoms with Crippen molar-refractivity contribution >= 4 is 80.8 Å². The van der Waals surface area contributed by atoms with E-state index in [1.165, 1.54) is 16.5 Å². The van der Waals surface area contributed by atoms with Crippen molar-refractivity contribution in [3.8, 4) is 0 Å². The summed E-state index contributed by atoms with van der Waals surface area (Å²) in [5.41, 5.74) is 1.50. The predicted molar refractivity (Wildman–Crippen MR) is 135 cm³/mol. The molecule has 0 bridgehead atoms. The molecule has 0 aliphatic carbocycles. The molecule has 0 fully saturated rings. The summed E-state index contributed by atoms with van der Waals surface area (Å²) >= 11 is 0. The maximum Gasteiger partial charge on any atom is 0.295 e. The standard InChI is InChI=1S/C21H12N6O9S3/c28-37(29,30)10-5-6-15-12(7-10)23-20-26(15)19-22-11-3-1-2-4-14(11)25(19)21-24-13-8-17(38(31,32)33)18(39(34,35)36)9-16(13)27(20)21/h1-9H,(H,28,29,30)(H,31,32,33)(H,34,35,36). The van der Waals surface area contributed by atoms with Gasteiger partial charge < -0.3 is 0 Å². The van der Waals surface area contributed by atoms with E-state index in [4.69, 9.17) is 0 Å². The molecule has 0 radical (unpaired) electrons. The highest BCUT2D eigenvalue weighted by Gasteiger charge is 2.28. The molecule has 3 aromatic carbocycles. The van der Waals surface area contributed by atoms with Crippen molar-refractivity contribution in [2.45, 2.75) is 14.7 Å². The number of imidazole rings is 3. The monoisotopic (exact) mass is 588 g/mol. The van der Waals surface area contributed by atoms with Gasteiger partial charge in [0, 0.05) is 0 Å². The van der Waals surface area contributed by atoms with Crippen LogP contribution in [-0.2, 0) is 30.4 Å². The van der Waals surface area contributed by atoms with Gasteiger partial charge in [0.1, 0.15) is 9.79 Å². The Morgan fingerprint density at radius 2 is 1.00 bits per heavy atom. The molecule has 0 saturated heterocycles. The first-order valence-electron chi connectivity index (χ1n) is 10.7. The molecular formula is C21H12N6O9S3. The van der Waals surface area contributed by atoms with Crippen molar-refractivity contribution in [2.75, 3.05) is 0 Å². The van der Waals surface area contributed by atoms with Gasteiger partial charge >= 0.3 is 0 Å². The van der Waals surface area contributed by atoms with E-state index in [2.05, 4.69) is 15.0 Å². The first kappa shape index (κ1) is 23.9. The number of para-hydroxylation sites is 2. The van der Waals surface area contributed by atoms with E-state index in [9.17, 15) is 38.9 Å². The minimum absolute atomic E-state index is 0.0139. The van der Waals surface area contributed by atoms with Gasteiger partial charge in [-0.05, 0) is 42.5 Å². The molecule has 0 spiro atoms. The molecule has 0 aliphatic rings. The second-order valence-corrected chi connectivity index (χ2v) is 12.8. The summed E-state index contributed by atoms with van der Waals surface area (Å²) in [6, 6.07) is 12.3. The molecule has 0 amide bonds. The van der Waals surface area contributed by atoms with Crippen molar-refractivity contribution in [2.24, 2.45) is 0 Å². The number of nitrogens with zero attached hydrogens (tertiary/aromatic N) is 6. The van der Waals surface area contributed by atoms with Gasteiger partial charge in [-0.2, -0.15) is 25.3 Å². The van der Waals surface area contributed by atoms with Crippen LogP contribution in [0, 0.1) is 0 Å². The third kappa shape index (κ3) is 3.30. The quantitative estimate of drug-likeness (QED) is 0.252. The largest absolute Gasteiger partial charge is 0.295 e. The van der Waals surface area contributed by atoms with Gasteiger partial charge in [-0.1, -0.05) is 12.1 Å². The van der Waals surface area contributed by atoms with E-state index < -0.39 is 45.0 Å². The Kier molecular flexibility index (Phi) is 4.44. The molecule has 4 aromatic heterocycles. The number of rotatable bonds is 3. The van der Waals surface area contributed by atoms with Crippen molar-refractivity contribution in [1.29, 1.82) is 0 Å². The first-order valence-corrected chi connectivity index (χ1v) is 15.1. The van der Waals surface area contributed by atoms with Gasteiger partial charge in [0.15, 0.2) is 0 Å². The molecular weight excluding hydrogens is 576 g/mol. The lowest BCUT2D eigenvalue weighted by Crippen LogP contribution is -2.09. The van der Waals surface area contributed by atoms with Crippen LogP contribution in [0.15, 0.2) is 69.3 Å². The van der Waals surface area contributed by atoms with Crippen molar-refractivity contribution in [1.82, 2.24) is 28.2 Å². The van der Waals surface area contributed by atoms with E-state index >= 15 is 0 Å². The smallest absolute Gasteiger partial charge is 0.282 e. The molecule has 4 heterocycles. The number of hydrogen-bond acceptors (Lipinski definition) is 9. The van der Waals surface area contributed by atoms with Gasteiger partial charge in [0.2, 0.25) is 17.3 Å². The van der Waals surface area contributed by atoms with E-state index in [0.717, 1.165) is 18.2 Å². The third-order valence-electron chi connectivity index (χ3n) is 6.31. The number of aromatic nitrogens is 6. The lowest BCUT2D eigenvalue weighted by atomic mass is 10.3. The molecule has 39 heavy (non-hydrogen) atoms. The maximum atomic E-state index is 12.1. The summed E-state index contributed by atoms with van der Waals surface area (Å²) in [5.74, 6) is 0.458. The van der Waals surface area contributed by atoms with Crippen LogP contribution in [0.5, 0.6) is 0 Å². The highest BCUT2D eigenvalue weighted by Crippen LogP contribution is 2.32. The van der Waals surface area contributed by atoms with Gasteiger partial charge in [0.05, 0.1) is 38.0 Å². The number of fused-ring (bicyclic) bond motifs is 12. The Labute approximate surface area is 216 Å². The first-order chi connectivity index (χ1) is 18.2. The minimum atomic E-state index is -5.14. The molecule has 18 heteroatoms. The van der Waals surface area contributed by atoms with E-state index in [0.29, 0.717) is 16.6 Å². The normalized spacial score (nSPS) is 13.6. The molecule has 3 N–H and O–H groups in total. The van der Waals surface area contributed by atoms with Crippen molar-refractivity contribution < 1.29 is 38.9 Å². The molecule has 15 nitrogen and oxygen atoms in total. The Hall–Kier alpha value is -4.20. The number of hydrogen-bond donors (Lipinski definition) is 3. The third-order valence-corrected chi connectivity index (χ3v) is 9.07. The molecule has 7 rings (SSSR count). The average molecular weight is 589 g/mol. The molecule has 0 saturated carbocycles. The van der Waals surface area contributed by atoms with Gasteiger partial charge in [-0.25, -0.2) is 28.2 Å². The second kappa shape index (κ2) is 7.25. The Morgan fingerprint density at radius 3 is 1.59 bits per heavy atom. The average Bonchev–Trinajstić information content (AvgIpc) is 3.51. The molecule has 7 aromatic rings. The van der Waals surface area contributed by atoms with Crippen LogP contribution >= 0.6 is 0 Å². The highest BCUT2D eigenvalue weighted by molar-refractivity contribution is 7.89. The maximum absolute atomic E-state index is 12.1. The van der Waals surface area contributed by atoms with Crippen LogP contribution < -0.4 is 0 Å². The van der Waals surface area contributed by atoms with Crippen LogP contribution in [0.4, 0.5) is 0 Å². The van der Waals surface area contributed by atoms with E-state index in [1.54, 1.807) is 33.1 Å². The minimum Gasteiger partial charge on any atom is -0.282 e. The van der Waals surface area contributed by atoms with E-state index in [-0.39, 0.29) is 33.9 Å². The molecule has 0 atom stereocenters. The topological polar surface area (TPSA) is 215 Å². The fourth-order valence-corrected chi connectivity index (χ4v) is 7.02. The summed E-state index contributed by atoms with van der Waals surface area (Å²) in [6.45, 7) is 0. The zero-order chi connectivity index (χ0) is 27.6. The fourth-order valence-electron chi connectivity index (χ4n) is 4.74. The zero-order valence-corrected chi connectivity index (χ0v) is 21.3. The summed E-state index contributed by atoms with van der Waals surface area (Å²) < 4.78 is 105. The lowest BCUT2D eigenvalue weighted by molar-refractivity contribution is 0.467. The summed E-state index contributed by atoms with van der Waals surface area (Å²) in [6.07, 6.45) is 0. The predicted octanol–water partition coefficient (Wildman–Crippen LogP) is 1.83. The summed E-state index contributed by atoms with van der Waals surface area (Å²) in [7, 11) is -14.8. The Bertz CT molecular complexity index is 2580. The van der Waals surface area contributed by atoms with Crippen molar-refractivity contribution in [3.05, 3.63) is 54.6 Å². The zero-order valence-electron chi connectivity index (χ0n) is 18.9.